The summed E-state index contributed by atoms with van der Waals surface area (Å²) in [6.07, 6.45) is 1.00. The molecule has 0 atom stereocenters. The zero-order valence-electron chi connectivity index (χ0n) is 13.0. The Morgan fingerprint density at radius 1 is 1.09 bits per heavy atom. The Kier molecular flexibility index (Phi) is 4.07. The minimum absolute atomic E-state index is 0.393. The lowest BCUT2D eigenvalue weighted by Crippen LogP contribution is -2.45. The van der Waals surface area contributed by atoms with Crippen LogP contribution in [0.4, 0.5) is 5.82 Å². The largest absolute Gasteiger partial charge is 0.350 e. The van der Waals surface area contributed by atoms with Gasteiger partial charge in [-0.3, -0.25) is 0 Å². The van der Waals surface area contributed by atoms with Crippen LogP contribution in [-0.4, -0.2) is 53.1 Å². The summed E-state index contributed by atoms with van der Waals surface area (Å²) >= 11 is 0. The minimum Gasteiger partial charge on any atom is -0.350 e. The molecule has 6 nitrogen and oxygen atoms in total. The molecule has 1 aliphatic rings. The highest BCUT2D eigenvalue weighted by molar-refractivity contribution is 5.50. The highest BCUT2D eigenvalue weighted by atomic mass is 15.5. The number of likely N-dealkylation sites (N-methyl/N-ethyl adjacent to an activating group) is 1. The quantitative estimate of drug-likeness (QED) is 0.858. The number of rotatable bonds is 3. The summed E-state index contributed by atoms with van der Waals surface area (Å²) in [6, 6.07) is 10.3. The van der Waals surface area contributed by atoms with Crippen LogP contribution in [0.25, 0.3) is 5.69 Å². The molecule has 0 amide bonds. The van der Waals surface area contributed by atoms with Crippen molar-refractivity contribution in [3.05, 3.63) is 35.5 Å². The van der Waals surface area contributed by atoms with Gasteiger partial charge in [-0.05, 0) is 31.2 Å². The zero-order valence-corrected chi connectivity index (χ0v) is 13.0. The first kappa shape index (κ1) is 14.5. The van der Waals surface area contributed by atoms with E-state index in [-0.39, 0.29) is 0 Å². The molecule has 2 heterocycles. The van der Waals surface area contributed by atoms with Crippen molar-refractivity contribution in [3.8, 4) is 11.8 Å². The van der Waals surface area contributed by atoms with E-state index >= 15 is 0 Å². The van der Waals surface area contributed by atoms with Gasteiger partial charge in [0.25, 0.3) is 0 Å². The van der Waals surface area contributed by atoms with E-state index in [4.69, 9.17) is 0 Å². The molecule has 0 unspecified atom stereocenters. The van der Waals surface area contributed by atoms with E-state index in [9.17, 15) is 5.26 Å². The Bertz CT molecular complexity index is 674. The summed E-state index contributed by atoms with van der Waals surface area (Å²) in [5.41, 5.74) is 2.55. The fourth-order valence-corrected chi connectivity index (χ4v) is 2.58. The lowest BCUT2D eigenvalue weighted by atomic mass is 10.2. The number of aryl methyl sites for hydroxylation is 1. The first-order valence-corrected chi connectivity index (χ1v) is 7.61. The molecule has 22 heavy (non-hydrogen) atoms. The molecule has 0 spiro atoms. The number of anilines is 1. The fourth-order valence-electron chi connectivity index (χ4n) is 2.58. The van der Waals surface area contributed by atoms with E-state index in [1.165, 1.54) is 5.56 Å². The Morgan fingerprint density at radius 3 is 2.36 bits per heavy atom. The van der Waals surface area contributed by atoms with Gasteiger partial charge in [-0.1, -0.05) is 19.1 Å². The number of piperazine rings is 1. The van der Waals surface area contributed by atoms with Crippen molar-refractivity contribution in [1.82, 2.24) is 19.9 Å². The molecule has 0 radical (unpaired) electrons. The van der Waals surface area contributed by atoms with Gasteiger partial charge in [0.15, 0.2) is 5.82 Å². The summed E-state index contributed by atoms with van der Waals surface area (Å²) in [5, 5.41) is 18.2. The predicted octanol–water partition coefficient (Wildman–Crippen LogP) is 1.45. The smallest absolute Gasteiger partial charge is 0.207 e. The van der Waals surface area contributed by atoms with E-state index in [0.29, 0.717) is 11.5 Å². The second-order valence-corrected chi connectivity index (χ2v) is 5.58. The molecule has 1 fully saturated rings. The van der Waals surface area contributed by atoms with Crippen molar-refractivity contribution in [3.63, 3.8) is 0 Å². The van der Waals surface area contributed by atoms with E-state index in [2.05, 4.69) is 52.2 Å². The highest BCUT2D eigenvalue weighted by Crippen LogP contribution is 2.19. The fraction of sp³-hybridized carbons (Fsp3) is 0.438. The zero-order chi connectivity index (χ0) is 15.5. The van der Waals surface area contributed by atoms with Crippen LogP contribution in [0.2, 0.25) is 0 Å². The van der Waals surface area contributed by atoms with E-state index in [1.807, 2.05) is 12.1 Å². The van der Waals surface area contributed by atoms with Crippen LogP contribution in [0.15, 0.2) is 24.3 Å². The third-order valence-corrected chi connectivity index (χ3v) is 4.08. The number of nitrogens with zero attached hydrogens (tertiary/aromatic N) is 6. The Balaban J connectivity index is 1.89. The number of hydrogen-bond donors (Lipinski definition) is 0. The molecule has 0 bridgehead atoms. The molecule has 0 aliphatic carbocycles. The second-order valence-electron chi connectivity index (χ2n) is 5.58. The van der Waals surface area contributed by atoms with Crippen LogP contribution >= 0.6 is 0 Å². The van der Waals surface area contributed by atoms with Gasteiger partial charge in [0.1, 0.15) is 6.07 Å². The molecule has 3 rings (SSSR count). The molecule has 2 aromatic rings. The van der Waals surface area contributed by atoms with E-state index < -0.39 is 0 Å². The van der Waals surface area contributed by atoms with Gasteiger partial charge in [-0.15, -0.1) is 15.0 Å². The highest BCUT2D eigenvalue weighted by Gasteiger charge is 2.21. The van der Waals surface area contributed by atoms with Crippen molar-refractivity contribution in [2.24, 2.45) is 0 Å². The van der Waals surface area contributed by atoms with Crippen LogP contribution in [0, 0.1) is 11.3 Å². The Hall–Kier alpha value is -2.39. The lowest BCUT2D eigenvalue weighted by molar-refractivity contribution is 0.312. The van der Waals surface area contributed by atoms with Crippen molar-refractivity contribution in [1.29, 1.82) is 5.26 Å². The molecule has 0 N–H and O–H groups in total. The molecule has 1 aliphatic heterocycles. The van der Waals surface area contributed by atoms with Crippen molar-refractivity contribution in [2.75, 3.05) is 38.1 Å². The van der Waals surface area contributed by atoms with Gasteiger partial charge >= 0.3 is 0 Å². The average Bonchev–Trinajstić information content (AvgIpc) is 3.00. The third kappa shape index (κ3) is 2.81. The van der Waals surface area contributed by atoms with Gasteiger partial charge in [-0.25, -0.2) is 0 Å². The summed E-state index contributed by atoms with van der Waals surface area (Å²) in [4.78, 5) is 5.98. The molecule has 6 heteroatoms. The number of hydrogen-bond acceptors (Lipinski definition) is 5. The predicted molar refractivity (Wildman–Crippen MR) is 85.2 cm³/mol. The molecular weight excluding hydrogens is 276 g/mol. The van der Waals surface area contributed by atoms with Gasteiger partial charge in [0.05, 0.1) is 5.69 Å². The monoisotopic (exact) mass is 296 g/mol. The summed E-state index contributed by atoms with van der Waals surface area (Å²) in [7, 11) is 2.11. The maximum Gasteiger partial charge on any atom is 0.207 e. The first-order chi connectivity index (χ1) is 10.7. The van der Waals surface area contributed by atoms with Crippen LogP contribution in [-0.2, 0) is 6.42 Å². The maximum atomic E-state index is 9.34. The number of benzene rings is 1. The molecule has 0 saturated carbocycles. The van der Waals surface area contributed by atoms with Crippen LogP contribution in [0.3, 0.4) is 0 Å². The summed E-state index contributed by atoms with van der Waals surface area (Å²) in [5.74, 6) is 0.690. The SMILES string of the molecule is CCc1ccc(-n2nc(C#N)c(N3CCN(C)CC3)n2)cc1. The number of nitriles is 1. The maximum absolute atomic E-state index is 9.34. The first-order valence-electron chi connectivity index (χ1n) is 7.61. The van der Waals surface area contributed by atoms with Crippen molar-refractivity contribution < 1.29 is 0 Å². The van der Waals surface area contributed by atoms with Crippen molar-refractivity contribution in [2.45, 2.75) is 13.3 Å². The molecular formula is C16H20N6. The molecule has 114 valence electrons. The van der Waals surface area contributed by atoms with Gasteiger partial charge in [0.2, 0.25) is 5.69 Å². The average molecular weight is 296 g/mol. The Labute approximate surface area is 130 Å². The number of aromatic nitrogens is 3. The third-order valence-electron chi connectivity index (χ3n) is 4.08. The second kappa shape index (κ2) is 6.16. The van der Waals surface area contributed by atoms with Gasteiger partial charge < -0.3 is 9.80 Å². The van der Waals surface area contributed by atoms with Crippen LogP contribution < -0.4 is 4.90 Å². The van der Waals surface area contributed by atoms with Gasteiger partial charge in [0, 0.05) is 26.2 Å². The van der Waals surface area contributed by atoms with Crippen LogP contribution in [0.1, 0.15) is 18.2 Å². The molecule has 1 aromatic carbocycles. The summed E-state index contributed by atoms with van der Waals surface area (Å²) in [6.45, 7) is 5.82. The molecule has 1 aromatic heterocycles. The standard InChI is InChI=1S/C16H20N6/c1-3-13-4-6-14(7-5-13)22-18-15(12-17)16(19-22)21-10-8-20(2)9-11-21/h4-7H,3,8-11H2,1-2H3. The van der Waals surface area contributed by atoms with Gasteiger partial charge in [-0.2, -0.15) is 5.26 Å². The van der Waals surface area contributed by atoms with E-state index in [0.717, 1.165) is 38.3 Å². The Morgan fingerprint density at radius 2 is 1.77 bits per heavy atom. The van der Waals surface area contributed by atoms with E-state index in [1.54, 1.807) is 4.80 Å². The lowest BCUT2D eigenvalue weighted by Gasteiger charge is -2.32. The van der Waals surface area contributed by atoms with Crippen LogP contribution in [0.5, 0.6) is 0 Å². The van der Waals surface area contributed by atoms with Crippen molar-refractivity contribution >= 4 is 5.82 Å². The topological polar surface area (TPSA) is 61.0 Å². The molecule has 1 saturated heterocycles. The minimum atomic E-state index is 0.393. The normalized spacial score (nSPS) is 15.8. The summed E-state index contributed by atoms with van der Waals surface area (Å²) < 4.78 is 0.